The molecule has 0 atom stereocenters. The molecule has 0 bridgehead atoms. The van der Waals surface area contributed by atoms with Crippen LogP contribution in [0.1, 0.15) is 0 Å². The maximum Gasteiger partial charge on any atom is 0.524 e. The molecule has 4 rings (SSSR count). The molecule has 10 heteroatoms. The van der Waals surface area contributed by atoms with Crippen molar-refractivity contribution in [2.75, 3.05) is 0 Å². The predicted molar refractivity (Wildman–Crippen MR) is 112 cm³/mol. The number of phosphoric acid groups is 2. The number of hydrogen-bond donors (Lipinski definition) is 4. The van der Waals surface area contributed by atoms with Gasteiger partial charge < -0.3 is 9.05 Å². The van der Waals surface area contributed by atoms with Crippen molar-refractivity contribution in [3.05, 3.63) is 72.8 Å². The molecule has 0 aliphatic rings. The van der Waals surface area contributed by atoms with Crippen molar-refractivity contribution in [3.63, 3.8) is 0 Å². The number of hydrogen-bond acceptors (Lipinski definition) is 4. The van der Waals surface area contributed by atoms with Crippen molar-refractivity contribution in [1.29, 1.82) is 0 Å². The predicted octanol–water partition coefficient (Wildman–Crippen LogP) is 4.60. The second-order valence-electron chi connectivity index (χ2n) is 6.49. The highest BCUT2D eigenvalue weighted by atomic mass is 31.2. The molecule has 0 heterocycles. The van der Waals surface area contributed by atoms with Crippen molar-refractivity contribution >= 4 is 37.2 Å². The van der Waals surface area contributed by atoms with E-state index >= 15 is 0 Å². The van der Waals surface area contributed by atoms with Crippen LogP contribution >= 0.6 is 15.6 Å². The summed E-state index contributed by atoms with van der Waals surface area (Å²) < 4.78 is 33.4. The van der Waals surface area contributed by atoms with E-state index in [1.807, 2.05) is 0 Å². The molecular formula is C20H16O8P2. The Bertz CT molecular complexity index is 1250. The highest BCUT2D eigenvalue weighted by molar-refractivity contribution is 7.47. The van der Waals surface area contributed by atoms with Gasteiger partial charge >= 0.3 is 15.6 Å². The first-order chi connectivity index (χ1) is 14.1. The van der Waals surface area contributed by atoms with E-state index in [0.29, 0.717) is 21.5 Å². The molecule has 0 spiro atoms. The SMILES string of the molecule is O=P(O)(O)Oc1c(-c2ccc3ccccc3c2OP(=O)(O)O)ccc2ccccc12. The Balaban J connectivity index is 2.07. The molecule has 0 aliphatic heterocycles. The lowest BCUT2D eigenvalue weighted by Crippen LogP contribution is -1.98. The van der Waals surface area contributed by atoms with Crippen LogP contribution in [0.15, 0.2) is 72.8 Å². The Morgan fingerprint density at radius 2 is 0.900 bits per heavy atom. The minimum Gasteiger partial charge on any atom is -0.403 e. The zero-order chi connectivity index (χ0) is 21.5. The van der Waals surface area contributed by atoms with Crippen LogP contribution in [0.25, 0.3) is 32.7 Å². The first-order valence-corrected chi connectivity index (χ1v) is 11.7. The van der Waals surface area contributed by atoms with E-state index in [-0.39, 0.29) is 22.6 Å². The molecule has 0 aromatic heterocycles. The van der Waals surface area contributed by atoms with Crippen molar-refractivity contribution < 1.29 is 37.8 Å². The van der Waals surface area contributed by atoms with Crippen LogP contribution in [-0.2, 0) is 9.13 Å². The fourth-order valence-electron chi connectivity index (χ4n) is 3.34. The summed E-state index contributed by atoms with van der Waals surface area (Å²) in [5, 5.41) is 2.19. The third-order valence-corrected chi connectivity index (χ3v) is 5.31. The second kappa shape index (κ2) is 7.52. The van der Waals surface area contributed by atoms with Crippen LogP contribution in [-0.4, -0.2) is 19.6 Å². The molecular weight excluding hydrogens is 430 g/mol. The van der Waals surface area contributed by atoms with Crippen LogP contribution in [0.5, 0.6) is 11.5 Å². The first kappa shape index (κ1) is 20.6. The van der Waals surface area contributed by atoms with Gasteiger partial charge in [0.15, 0.2) is 0 Å². The standard InChI is InChI=1S/C20H16O8P2/c21-29(22,23)27-19-15-7-3-1-5-13(15)9-11-17(19)18-12-10-14-6-2-4-8-16(14)20(18)28-30(24,25)26/h1-12H,(H2,21,22,23)(H2,24,25,26). The molecule has 0 saturated heterocycles. The van der Waals surface area contributed by atoms with Crippen LogP contribution in [0.4, 0.5) is 0 Å². The molecule has 154 valence electrons. The minimum atomic E-state index is -4.94. The number of rotatable bonds is 5. The van der Waals surface area contributed by atoms with Crippen molar-refractivity contribution in [3.8, 4) is 22.6 Å². The molecule has 4 N–H and O–H groups in total. The highest BCUT2D eigenvalue weighted by Crippen LogP contribution is 2.51. The molecule has 0 saturated carbocycles. The van der Waals surface area contributed by atoms with Gasteiger partial charge in [0.25, 0.3) is 0 Å². The summed E-state index contributed by atoms with van der Waals surface area (Å²) in [6.07, 6.45) is 0. The van der Waals surface area contributed by atoms with Crippen molar-refractivity contribution in [1.82, 2.24) is 0 Å². The van der Waals surface area contributed by atoms with Crippen LogP contribution in [0.2, 0.25) is 0 Å². The van der Waals surface area contributed by atoms with Crippen LogP contribution in [0, 0.1) is 0 Å². The summed E-state index contributed by atoms with van der Waals surface area (Å²) in [5.41, 5.74) is 0.428. The quantitative estimate of drug-likeness (QED) is 0.327. The smallest absolute Gasteiger partial charge is 0.403 e. The summed E-state index contributed by atoms with van der Waals surface area (Å²) in [6.45, 7) is 0. The third-order valence-electron chi connectivity index (χ3n) is 4.47. The van der Waals surface area contributed by atoms with E-state index in [2.05, 4.69) is 0 Å². The van der Waals surface area contributed by atoms with Gasteiger partial charge in [0, 0.05) is 21.9 Å². The summed E-state index contributed by atoms with van der Waals surface area (Å²) in [5.74, 6) is -0.237. The van der Waals surface area contributed by atoms with Gasteiger partial charge in [-0.1, -0.05) is 60.7 Å². The Labute approximate surface area is 170 Å². The number of phosphoric ester groups is 2. The average molecular weight is 446 g/mol. The molecule has 30 heavy (non-hydrogen) atoms. The Hall–Kier alpha value is -2.70. The third kappa shape index (κ3) is 4.25. The van der Waals surface area contributed by atoms with Crippen molar-refractivity contribution in [2.45, 2.75) is 0 Å². The van der Waals surface area contributed by atoms with Gasteiger partial charge in [-0.15, -0.1) is 0 Å². The molecule has 0 amide bonds. The first-order valence-electron chi connectivity index (χ1n) is 8.66. The molecule has 0 aliphatic carbocycles. The Morgan fingerprint density at radius 1 is 0.533 bits per heavy atom. The normalized spacial score (nSPS) is 12.3. The lowest BCUT2D eigenvalue weighted by atomic mass is 9.96. The van der Waals surface area contributed by atoms with Crippen LogP contribution < -0.4 is 9.05 Å². The van der Waals surface area contributed by atoms with Gasteiger partial charge in [-0.25, -0.2) is 9.13 Å². The Kier molecular flexibility index (Phi) is 5.16. The summed E-state index contributed by atoms with van der Waals surface area (Å²) >= 11 is 0. The molecule has 0 unspecified atom stereocenters. The summed E-state index contributed by atoms with van der Waals surface area (Å²) in [6, 6.07) is 20.2. The van der Waals surface area contributed by atoms with Gasteiger partial charge in [0.05, 0.1) is 0 Å². The molecule has 8 nitrogen and oxygen atoms in total. The maximum absolute atomic E-state index is 11.7. The highest BCUT2D eigenvalue weighted by Gasteiger charge is 2.26. The van der Waals surface area contributed by atoms with E-state index in [1.54, 1.807) is 72.8 Å². The van der Waals surface area contributed by atoms with E-state index in [1.165, 1.54) is 0 Å². The van der Waals surface area contributed by atoms with Gasteiger partial charge in [-0.2, -0.15) is 0 Å². The lowest BCUT2D eigenvalue weighted by Gasteiger charge is -2.19. The fourth-order valence-corrected chi connectivity index (χ4v) is 4.21. The summed E-state index contributed by atoms with van der Waals surface area (Å²) in [7, 11) is -9.88. The number of benzene rings is 4. The summed E-state index contributed by atoms with van der Waals surface area (Å²) in [4.78, 5) is 37.9. The molecule has 0 fully saturated rings. The van der Waals surface area contributed by atoms with E-state index in [4.69, 9.17) is 9.05 Å². The molecule has 0 radical (unpaired) electrons. The zero-order valence-corrected chi connectivity index (χ0v) is 17.0. The Morgan fingerprint density at radius 3 is 1.27 bits per heavy atom. The largest absolute Gasteiger partial charge is 0.524 e. The topological polar surface area (TPSA) is 134 Å². The second-order valence-corrected chi connectivity index (χ2v) is 8.82. The minimum absolute atomic E-state index is 0.118. The number of fused-ring (bicyclic) bond motifs is 2. The van der Waals surface area contributed by atoms with Crippen molar-refractivity contribution in [2.24, 2.45) is 0 Å². The van der Waals surface area contributed by atoms with Crippen LogP contribution in [0.3, 0.4) is 0 Å². The monoisotopic (exact) mass is 446 g/mol. The lowest BCUT2D eigenvalue weighted by molar-refractivity contribution is 0.281. The van der Waals surface area contributed by atoms with E-state index < -0.39 is 15.6 Å². The molecule has 4 aromatic rings. The maximum atomic E-state index is 11.7. The van der Waals surface area contributed by atoms with Gasteiger partial charge in [-0.3, -0.25) is 19.6 Å². The van der Waals surface area contributed by atoms with E-state index in [9.17, 15) is 28.7 Å². The van der Waals surface area contributed by atoms with Gasteiger partial charge in [0.2, 0.25) is 0 Å². The zero-order valence-electron chi connectivity index (χ0n) is 15.2. The van der Waals surface area contributed by atoms with Gasteiger partial charge in [0.1, 0.15) is 11.5 Å². The average Bonchev–Trinajstić information content (AvgIpc) is 2.67. The van der Waals surface area contributed by atoms with E-state index in [0.717, 1.165) is 0 Å². The molecule has 4 aromatic carbocycles. The van der Waals surface area contributed by atoms with Gasteiger partial charge in [-0.05, 0) is 22.9 Å². The fraction of sp³-hybridized carbons (Fsp3) is 0.